The first-order valence-corrected chi connectivity index (χ1v) is 14.9. The summed E-state index contributed by atoms with van der Waals surface area (Å²) in [6.45, 7) is 0. The molecule has 0 saturated heterocycles. The van der Waals surface area contributed by atoms with Gasteiger partial charge in [-0.15, -0.1) is 0 Å². The second-order valence-corrected chi connectivity index (χ2v) is 11.5. The van der Waals surface area contributed by atoms with E-state index in [1.807, 2.05) is 0 Å². The minimum Gasteiger partial charge on any atom is -0.360 e. The Balaban J connectivity index is 1.21. The van der Waals surface area contributed by atoms with Crippen LogP contribution in [0.2, 0.25) is 0 Å². The number of benzene rings is 7. The predicted octanol–water partition coefficient (Wildman–Crippen LogP) is 10.2. The smallest absolute Gasteiger partial charge is 0.122 e. The third-order valence-electron chi connectivity index (χ3n) is 9.02. The van der Waals surface area contributed by atoms with E-state index in [-0.39, 0.29) is 6.17 Å². The van der Waals surface area contributed by atoms with Crippen molar-refractivity contribution in [1.29, 1.82) is 0 Å². The van der Waals surface area contributed by atoms with Gasteiger partial charge in [0.1, 0.15) is 6.17 Å². The van der Waals surface area contributed by atoms with Crippen LogP contribution in [0.15, 0.2) is 158 Å². The Hall–Kier alpha value is -5.60. The molecule has 2 heteroatoms. The van der Waals surface area contributed by atoms with Gasteiger partial charge in [-0.2, -0.15) is 0 Å². The number of hydrogen-bond acceptors (Lipinski definition) is 2. The Morgan fingerprint density at radius 1 is 0.488 bits per heavy atom. The van der Waals surface area contributed by atoms with E-state index in [9.17, 15) is 0 Å². The minimum absolute atomic E-state index is 0.188. The topological polar surface area (TPSA) is 15.3 Å². The molecular formula is C41H28N2. The first-order chi connectivity index (χ1) is 21.3. The molecule has 43 heavy (non-hydrogen) atoms. The van der Waals surface area contributed by atoms with Crippen LogP contribution in [0.1, 0.15) is 5.56 Å². The molecule has 0 bridgehead atoms. The van der Waals surface area contributed by atoms with Gasteiger partial charge in [0.2, 0.25) is 0 Å². The molecule has 0 fully saturated rings. The predicted molar refractivity (Wildman–Crippen MR) is 181 cm³/mol. The van der Waals surface area contributed by atoms with E-state index in [2.05, 4.69) is 168 Å². The van der Waals surface area contributed by atoms with Gasteiger partial charge in [-0.3, -0.25) is 0 Å². The van der Waals surface area contributed by atoms with Crippen molar-refractivity contribution in [1.82, 2.24) is 10.2 Å². The third kappa shape index (κ3) is 3.88. The van der Waals surface area contributed by atoms with Crippen LogP contribution in [0.4, 0.5) is 0 Å². The maximum absolute atomic E-state index is 3.63. The zero-order valence-electron chi connectivity index (χ0n) is 23.5. The number of nitrogens with zero attached hydrogens (tertiary/aromatic N) is 1. The SMILES string of the molecule is C1=CC2NC(c3ccc(-c4cc(-c5ccc(-c6ccccc6)cc5)c5ccc6cccc7ccc4c5c76)cc3)=CN2C=C1. The molecule has 2 aliphatic rings. The molecule has 0 aromatic heterocycles. The van der Waals surface area contributed by atoms with Crippen LogP contribution in [-0.2, 0) is 0 Å². The molecule has 0 aliphatic carbocycles. The minimum atomic E-state index is 0.188. The van der Waals surface area contributed by atoms with Crippen molar-refractivity contribution in [2.45, 2.75) is 6.17 Å². The monoisotopic (exact) mass is 548 g/mol. The van der Waals surface area contributed by atoms with Gasteiger partial charge in [0.15, 0.2) is 0 Å². The molecule has 1 unspecified atom stereocenters. The molecule has 9 rings (SSSR count). The Kier molecular flexibility index (Phi) is 5.30. The highest BCUT2D eigenvalue weighted by atomic mass is 15.3. The highest BCUT2D eigenvalue weighted by molar-refractivity contribution is 6.28. The van der Waals surface area contributed by atoms with E-state index in [0.29, 0.717) is 0 Å². The number of nitrogens with one attached hydrogen (secondary N) is 1. The molecule has 2 aliphatic heterocycles. The summed E-state index contributed by atoms with van der Waals surface area (Å²) in [6.07, 6.45) is 10.8. The summed E-state index contributed by atoms with van der Waals surface area (Å²) in [5.41, 5.74) is 9.77. The Morgan fingerprint density at radius 2 is 1.09 bits per heavy atom. The van der Waals surface area contributed by atoms with Crippen molar-refractivity contribution in [2.75, 3.05) is 0 Å². The van der Waals surface area contributed by atoms with E-state index < -0.39 is 0 Å². The fourth-order valence-corrected chi connectivity index (χ4v) is 6.87. The van der Waals surface area contributed by atoms with Crippen molar-refractivity contribution in [3.05, 3.63) is 164 Å². The van der Waals surface area contributed by atoms with Gasteiger partial charge in [-0.1, -0.05) is 127 Å². The third-order valence-corrected chi connectivity index (χ3v) is 9.02. The molecule has 202 valence electrons. The molecule has 0 amide bonds. The van der Waals surface area contributed by atoms with Gasteiger partial charge < -0.3 is 10.2 Å². The zero-order valence-corrected chi connectivity index (χ0v) is 23.5. The molecule has 0 radical (unpaired) electrons. The first-order valence-electron chi connectivity index (χ1n) is 14.9. The molecule has 7 aromatic carbocycles. The summed E-state index contributed by atoms with van der Waals surface area (Å²) in [4.78, 5) is 2.21. The van der Waals surface area contributed by atoms with Crippen LogP contribution >= 0.6 is 0 Å². The van der Waals surface area contributed by atoms with Crippen LogP contribution < -0.4 is 5.32 Å². The van der Waals surface area contributed by atoms with Gasteiger partial charge in [-0.25, -0.2) is 0 Å². The van der Waals surface area contributed by atoms with Crippen LogP contribution in [0.3, 0.4) is 0 Å². The van der Waals surface area contributed by atoms with Crippen LogP contribution in [0, 0.1) is 0 Å². The summed E-state index contributed by atoms with van der Waals surface area (Å²) in [7, 11) is 0. The van der Waals surface area contributed by atoms with Gasteiger partial charge in [0.05, 0.1) is 5.70 Å². The Labute approximate surface area is 250 Å². The molecular weight excluding hydrogens is 520 g/mol. The molecule has 1 atom stereocenters. The van der Waals surface area contributed by atoms with Gasteiger partial charge >= 0.3 is 0 Å². The Morgan fingerprint density at radius 3 is 1.74 bits per heavy atom. The zero-order chi connectivity index (χ0) is 28.3. The second kappa shape index (κ2) is 9.47. The standard InChI is InChI=1S/C41H28N2/c1-2-7-27(8-3-1)28-12-14-29(15-13-28)36-25-37(35-23-21-33-10-6-9-32-20-22-34(36)41(35)40(32)33)30-16-18-31(19-17-30)38-26-43-24-5-4-11-39(43)42-38/h1-26,39,42H. The largest absolute Gasteiger partial charge is 0.360 e. The number of rotatable bonds is 4. The number of hydrogen-bond donors (Lipinski definition) is 1. The highest BCUT2D eigenvalue weighted by Gasteiger charge is 2.22. The van der Waals surface area contributed by atoms with Gasteiger partial charge in [-0.05, 0) is 89.5 Å². The average Bonchev–Trinajstić information content (AvgIpc) is 3.52. The fourth-order valence-electron chi connectivity index (χ4n) is 6.87. The molecule has 7 aromatic rings. The summed E-state index contributed by atoms with van der Waals surface area (Å²) in [5, 5.41) is 11.5. The summed E-state index contributed by atoms with van der Waals surface area (Å²) in [5.74, 6) is 0. The average molecular weight is 549 g/mol. The number of allylic oxidation sites excluding steroid dienone is 2. The molecule has 2 heterocycles. The lowest BCUT2D eigenvalue weighted by molar-refractivity contribution is 0.427. The van der Waals surface area contributed by atoms with Crippen molar-refractivity contribution in [3.63, 3.8) is 0 Å². The van der Waals surface area contributed by atoms with E-state index >= 15 is 0 Å². The number of fused-ring (bicyclic) bond motifs is 1. The summed E-state index contributed by atoms with van der Waals surface area (Å²) >= 11 is 0. The lowest BCUT2D eigenvalue weighted by atomic mass is 9.85. The molecule has 1 N–H and O–H groups in total. The molecule has 0 spiro atoms. The lowest BCUT2D eigenvalue weighted by Gasteiger charge is -2.20. The maximum Gasteiger partial charge on any atom is 0.122 e. The fraction of sp³-hybridized carbons (Fsp3) is 0.0244. The normalized spacial score (nSPS) is 15.8. The van der Waals surface area contributed by atoms with Crippen molar-refractivity contribution >= 4 is 38.0 Å². The summed E-state index contributed by atoms with van der Waals surface area (Å²) < 4.78 is 0. The van der Waals surface area contributed by atoms with Gasteiger partial charge in [0, 0.05) is 12.4 Å². The van der Waals surface area contributed by atoms with Crippen molar-refractivity contribution < 1.29 is 0 Å². The molecule has 2 nitrogen and oxygen atoms in total. The van der Waals surface area contributed by atoms with Crippen LogP contribution in [0.5, 0.6) is 0 Å². The Bertz CT molecular complexity index is 2220. The summed E-state index contributed by atoms with van der Waals surface area (Å²) in [6, 6.07) is 46.9. The van der Waals surface area contributed by atoms with Crippen molar-refractivity contribution in [2.24, 2.45) is 0 Å². The van der Waals surface area contributed by atoms with E-state index in [4.69, 9.17) is 0 Å². The second-order valence-electron chi connectivity index (χ2n) is 11.5. The van der Waals surface area contributed by atoms with E-state index in [1.54, 1.807) is 0 Å². The van der Waals surface area contributed by atoms with Crippen molar-refractivity contribution in [3.8, 4) is 33.4 Å². The quantitative estimate of drug-likeness (QED) is 0.220. The first kappa shape index (κ1) is 24.0. The van der Waals surface area contributed by atoms with Gasteiger partial charge in [0.25, 0.3) is 0 Å². The lowest BCUT2D eigenvalue weighted by Crippen LogP contribution is -2.31. The van der Waals surface area contributed by atoms with Crippen LogP contribution in [-0.4, -0.2) is 11.1 Å². The molecule has 0 saturated carbocycles. The van der Waals surface area contributed by atoms with E-state index in [1.165, 1.54) is 71.3 Å². The highest BCUT2D eigenvalue weighted by Crippen LogP contribution is 2.44. The van der Waals surface area contributed by atoms with E-state index in [0.717, 1.165) is 5.70 Å². The van der Waals surface area contributed by atoms with Crippen LogP contribution in [0.25, 0.3) is 71.4 Å². The maximum atomic E-state index is 3.63.